The molecule has 0 fully saturated rings. The minimum Gasteiger partial charge on any atom is -0.497 e. The van der Waals surface area contributed by atoms with Crippen molar-refractivity contribution in [2.45, 2.75) is 26.5 Å². The predicted octanol–water partition coefficient (Wildman–Crippen LogP) is 3.17. The Labute approximate surface area is 126 Å². The van der Waals surface area contributed by atoms with Crippen molar-refractivity contribution in [2.24, 2.45) is 0 Å². The molecule has 1 N–H and O–H groups in total. The van der Waals surface area contributed by atoms with Crippen molar-refractivity contribution in [3.05, 3.63) is 53.7 Å². The molecule has 0 radical (unpaired) electrons. The minimum atomic E-state index is 0.484. The molecule has 21 heavy (non-hydrogen) atoms. The van der Waals surface area contributed by atoms with Crippen molar-refractivity contribution in [1.29, 1.82) is 0 Å². The lowest BCUT2D eigenvalue weighted by molar-refractivity contribution is 0.293. The van der Waals surface area contributed by atoms with Gasteiger partial charge in [0.15, 0.2) is 0 Å². The first-order valence-corrected chi connectivity index (χ1v) is 7.23. The Balaban J connectivity index is 1.85. The van der Waals surface area contributed by atoms with E-state index in [0.717, 1.165) is 36.4 Å². The van der Waals surface area contributed by atoms with Crippen molar-refractivity contribution in [3.63, 3.8) is 0 Å². The Kier molecular flexibility index (Phi) is 6.03. The minimum absolute atomic E-state index is 0.484. The van der Waals surface area contributed by atoms with Gasteiger partial charge in [0, 0.05) is 18.8 Å². The van der Waals surface area contributed by atoms with Crippen molar-refractivity contribution in [2.75, 3.05) is 13.7 Å². The van der Waals surface area contributed by atoms with E-state index in [0.29, 0.717) is 12.5 Å². The third-order valence-electron chi connectivity index (χ3n) is 3.07. The van der Waals surface area contributed by atoms with Crippen LogP contribution in [0.25, 0.3) is 0 Å². The Morgan fingerprint density at radius 3 is 2.76 bits per heavy atom. The summed E-state index contributed by atoms with van der Waals surface area (Å²) in [6, 6.07) is 11.8. The van der Waals surface area contributed by atoms with E-state index in [1.54, 1.807) is 7.11 Å². The van der Waals surface area contributed by atoms with Crippen LogP contribution in [0.3, 0.4) is 0 Å². The monoisotopic (exact) mass is 286 g/mol. The van der Waals surface area contributed by atoms with Gasteiger partial charge < -0.3 is 14.8 Å². The summed E-state index contributed by atoms with van der Waals surface area (Å²) in [6.45, 7) is 4.50. The standard InChI is InChI=1S/C17H22N2O2/c1-3-9-18-11-15-7-8-17(19-12-15)21-13-14-5-4-6-16(10-14)20-2/h4-8,10,12,18H,3,9,11,13H2,1-2H3. The zero-order valence-electron chi connectivity index (χ0n) is 12.6. The van der Waals surface area contributed by atoms with Crippen LogP contribution in [0.5, 0.6) is 11.6 Å². The lowest BCUT2D eigenvalue weighted by atomic mass is 10.2. The third-order valence-corrected chi connectivity index (χ3v) is 3.07. The van der Waals surface area contributed by atoms with Gasteiger partial charge in [0.1, 0.15) is 12.4 Å². The van der Waals surface area contributed by atoms with Gasteiger partial charge in [-0.25, -0.2) is 4.98 Å². The molecule has 0 saturated carbocycles. The fourth-order valence-electron chi connectivity index (χ4n) is 1.93. The molecule has 4 heteroatoms. The first-order chi connectivity index (χ1) is 10.3. The third kappa shape index (κ3) is 5.08. The number of ether oxygens (including phenoxy) is 2. The van der Waals surface area contributed by atoms with Crippen LogP contribution in [0.15, 0.2) is 42.6 Å². The summed E-state index contributed by atoms with van der Waals surface area (Å²) in [5.74, 6) is 1.47. The molecule has 1 aromatic heterocycles. The van der Waals surface area contributed by atoms with E-state index < -0.39 is 0 Å². The number of hydrogen-bond donors (Lipinski definition) is 1. The van der Waals surface area contributed by atoms with Crippen molar-refractivity contribution in [3.8, 4) is 11.6 Å². The van der Waals surface area contributed by atoms with Crippen LogP contribution in [0.1, 0.15) is 24.5 Å². The Bertz CT molecular complexity index is 541. The first-order valence-electron chi connectivity index (χ1n) is 7.23. The number of methoxy groups -OCH3 is 1. The van der Waals surface area contributed by atoms with Gasteiger partial charge in [0.05, 0.1) is 7.11 Å². The van der Waals surface area contributed by atoms with Gasteiger partial charge in [-0.2, -0.15) is 0 Å². The molecule has 2 rings (SSSR count). The maximum Gasteiger partial charge on any atom is 0.213 e. The van der Waals surface area contributed by atoms with E-state index in [1.165, 1.54) is 0 Å². The fraction of sp³-hybridized carbons (Fsp3) is 0.353. The molecule has 2 aromatic rings. The van der Waals surface area contributed by atoms with Gasteiger partial charge in [-0.15, -0.1) is 0 Å². The average molecular weight is 286 g/mol. The van der Waals surface area contributed by atoms with Crippen LogP contribution in [0.2, 0.25) is 0 Å². The fourth-order valence-corrected chi connectivity index (χ4v) is 1.93. The summed E-state index contributed by atoms with van der Waals surface area (Å²) >= 11 is 0. The number of benzene rings is 1. The highest BCUT2D eigenvalue weighted by Crippen LogP contribution is 2.15. The molecule has 0 spiro atoms. The van der Waals surface area contributed by atoms with Crippen LogP contribution in [0.4, 0.5) is 0 Å². The second kappa shape index (κ2) is 8.27. The van der Waals surface area contributed by atoms with E-state index in [-0.39, 0.29) is 0 Å². The van der Waals surface area contributed by atoms with E-state index in [1.807, 2.05) is 42.6 Å². The molecular weight excluding hydrogens is 264 g/mol. The van der Waals surface area contributed by atoms with Crippen molar-refractivity contribution in [1.82, 2.24) is 10.3 Å². The maximum atomic E-state index is 5.69. The SMILES string of the molecule is CCCNCc1ccc(OCc2cccc(OC)c2)nc1. The number of aromatic nitrogens is 1. The summed E-state index contributed by atoms with van der Waals surface area (Å²) < 4.78 is 10.9. The molecule has 0 amide bonds. The Morgan fingerprint density at radius 1 is 1.14 bits per heavy atom. The summed E-state index contributed by atoms with van der Waals surface area (Å²) in [5.41, 5.74) is 2.22. The number of nitrogens with one attached hydrogen (secondary N) is 1. The van der Waals surface area contributed by atoms with Gasteiger partial charge in [-0.3, -0.25) is 0 Å². The molecular formula is C17H22N2O2. The van der Waals surface area contributed by atoms with Crippen molar-refractivity contribution < 1.29 is 9.47 Å². The maximum absolute atomic E-state index is 5.69. The predicted molar refractivity (Wildman–Crippen MR) is 83.6 cm³/mol. The molecule has 112 valence electrons. The largest absolute Gasteiger partial charge is 0.497 e. The molecule has 1 aromatic carbocycles. The van der Waals surface area contributed by atoms with E-state index in [4.69, 9.17) is 9.47 Å². The van der Waals surface area contributed by atoms with Crippen LogP contribution in [0, 0.1) is 0 Å². The lowest BCUT2D eigenvalue weighted by Gasteiger charge is -2.08. The summed E-state index contributed by atoms with van der Waals surface area (Å²) in [7, 11) is 1.66. The number of nitrogens with zero attached hydrogens (tertiary/aromatic N) is 1. The molecule has 0 aliphatic carbocycles. The van der Waals surface area contributed by atoms with Crippen LogP contribution >= 0.6 is 0 Å². The van der Waals surface area contributed by atoms with Gasteiger partial charge in [-0.05, 0) is 36.2 Å². The van der Waals surface area contributed by atoms with Crippen molar-refractivity contribution >= 4 is 0 Å². The highest BCUT2D eigenvalue weighted by molar-refractivity contribution is 5.28. The zero-order valence-corrected chi connectivity index (χ0v) is 12.6. The first kappa shape index (κ1) is 15.3. The normalized spacial score (nSPS) is 10.4. The molecule has 0 unspecified atom stereocenters. The number of rotatable bonds is 8. The Morgan fingerprint density at radius 2 is 2.05 bits per heavy atom. The van der Waals surface area contributed by atoms with Crippen LogP contribution in [-0.2, 0) is 13.2 Å². The lowest BCUT2D eigenvalue weighted by Crippen LogP contribution is -2.13. The van der Waals surface area contributed by atoms with E-state index >= 15 is 0 Å². The second-order valence-electron chi connectivity index (χ2n) is 4.82. The van der Waals surface area contributed by atoms with Gasteiger partial charge in [-0.1, -0.05) is 25.1 Å². The molecule has 0 aliphatic heterocycles. The summed E-state index contributed by atoms with van der Waals surface area (Å²) in [6.07, 6.45) is 2.98. The molecule has 1 heterocycles. The highest BCUT2D eigenvalue weighted by Gasteiger charge is 2.00. The van der Waals surface area contributed by atoms with E-state index in [2.05, 4.69) is 17.2 Å². The second-order valence-corrected chi connectivity index (χ2v) is 4.82. The van der Waals surface area contributed by atoms with Gasteiger partial charge in [0.25, 0.3) is 0 Å². The molecule has 0 aliphatic rings. The summed E-state index contributed by atoms with van der Waals surface area (Å²) in [5, 5.41) is 3.35. The molecule has 0 saturated heterocycles. The topological polar surface area (TPSA) is 43.4 Å². The Hall–Kier alpha value is -2.07. The van der Waals surface area contributed by atoms with Gasteiger partial charge >= 0.3 is 0 Å². The molecule has 4 nitrogen and oxygen atoms in total. The highest BCUT2D eigenvalue weighted by atomic mass is 16.5. The number of hydrogen-bond acceptors (Lipinski definition) is 4. The van der Waals surface area contributed by atoms with E-state index in [9.17, 15) is 0 Å². The quantitative estimate of drug-likeness (QED) is 0.757. The number of pyridine rings is 1. The van der Waals surface area contributed by atoms with Crippen LogP contribution < -0.4 is 14.8 Å². The van der Waals surface area contributed by atoms with Gasteiger partial charge in [0.2, 0.25) is 5.88 Å². The molecule has 0 atom stereocenters. The zero-order chi connectivity index (χ0) is 14.9. The smallest absolute Gasteiger partial charge is 0.213 e. The average Bonchev–Trinajstić information content (AvgIpc) is 2.54. The summed E-state index contributed by atoms with van der Waals surface area (Å²) in [4.78, 5) is 4.32. The molecule has 0 bridgehead atoms. The van der Waals surface area contributed by atoms with Crippen LogP contribution in [-0.4, -0.2) is 18.6 Å².